The molecule has 1 aliphatic rings. The summed E-state index contributed by atoms with van der Waals surface area (Å²) in [6.07, 6.45) is -3.26. The molecule has 8 nitrogen and oxygen atoms in total. The maximum atomic E-state index is 12.3. The standard InChI is InChI=1S/C25H22N2O6/c28-21(23(29)14-9-10-20-22(11-14)33-25(31)27-20)12-26-24(30)32-13-19-17-7-3-1-5-15(17)16-6-2-4-8-18(16)19/h1-11,19,21,23,28-29H,12-13H2,(H,26,30)(H,27,31). The number of hydrogen-bond donors (Lipinski definition) is 4. The Hall–Kier alpha value is -3.88. The van der Waals surface area contributed by atoms with E-state index in [1.165, 1.54) is 6.07 Å². The van der Waals surface area contributed by atoms with Crippen molar-refractivity contribution >= 4 is 17.2 Å². The lowest BCUT2D eigenvalue weighted by atomic mass is 9.98. The molecular weight excluding hydrogens is 424 g/mol. The molecule has 0 aliphatic heterocycles. The minimum atomic E-state index is -1.29. The number of aromatic nitrogens is 1. The summed E-state index contributed by atoms with van der Waals surface area (Å²) in [5.74, 6) is -0.671. The fourth-order valence-corrected chi connectivity index (χ4v) is 4.32. The van der Waals surface area contributed by atoms with E-state index >= 15 is 0 Å². The van der Waals surface area contributed by atoms with Crippen LogP contribution >= 0.6 is 0 Å². The van der Waals surface area contributed by atoms with Crippen molar-refractivity contribution in [3.63, 3.8) is 0 Å². The Kier molecular flexibility index (Phi) is 5.45. The Morgan fingerprint density at radius 3 is 2.39 bits per heavy atom. The SMILES string of the molecule is O=C(NCC(O)C(O)c1ccc2[nH]c(=O)oc2c1)OCC1c2ccccc2-c2ccccc21. The van der Waals surface area contributed by atoms with Gasteiger partial charge in [0, 0.05) is 12.5 Å². The van der Waals surface area contributed by atoms with E-state index in [1.807, 2.05) is 36.4 Å². The van der Waals surface area contributed by atoms with Crippen molar-refractivity contribution in [3.05, 3.63) is 94.0 Å². The molecule has 168 valence electrons. The molecule has 33 heavy (non-hydrogen) atoms. The summed E-state index contributed by atoms with van der Waals surface area (Å²) in [5, 5.41) is 23.2. The fourth-order valence-electron chi connectivity index (χ4n) is 4.32. The Morgan fingerprint density at radius 1 is 1.03 bits per heavy atom. The highest BCUT2D eigenvalue weighted by molar-refractivity contribution is 5.79. The topological polar surface area (TPSA) is 125 Å². The quantitative estimate of drug-likeness (QED) is 0.361. The molecule has 0 fully saturated rings. The van der Waals surface area contributed by atoms with Gasteiger partial charge in [-0.15, -0.1) is 0 Å². The van der Waals surface area contributed by atoms with Crippen molar-refractivity contribution in [1.29, 1.82) is 0 Å². The summed E-state index contributed by atoms with van der Waals surface area (Å²) >= 11 is 0. The number of benzene rings is 3. The number of nitrogens with one attached hydrogen (secondary N) is 2. The largest absolute Gasteiger partial charge is 0.449 e. The second-order valence-corrected chi connectivity index (χ2v) is 7.99. The number of amides is 1. The van der Waals surface area contributed by atoms with E-state index in [9.17, 15) is 19.8 Å². The minimum Gasteiger partial charge on any atom is -0.449 e. The molecule has 1 heterocycles. The number of alkyl carbamates (subject to hydrolysis) is 1. The van der Waals surface area contributed by atoms with E-state index in [0.29, 0.717) is 11.1 Å². The molecule has 0 radical (unpaired) electrons. The van der Waals surface area contributed by atoms with Gasteiger partial charge in [-0.05, 0) is 39.9 Å². The highest BCUT2D eigenvalue weighted by atomic mass is 16.5. The Bertz CT molecular complexity index is 1330. The summed E-state index contributed by atoms with van der Waals surface area (Å²) in [4.78, 5) is 26.1. The van der Waals surface area contributed by atoms with Crippen LogP contribution in [-0.2, 0) is 4.74 Å². The predicted molar refractivity (Wildman–Crippen MR) is 121 cm³/mol. The van der Waals surface area contributed by atoms with Crippen LogP contribution < -0.4 is 11.1 Å². The molecule has 1 amide bonds. The number of rotatable bonds is 6. The number of carbonyl (C=O) groups is 1. The molecule has 3 aromatic carbocycles. The van der Waals surface area contributed by atoms with Crippen LogP contribution in [-0.4, -0.2) is 40.5 Å². The van der Waals surface area contributed by atoms with Crippen LogP contribution in [0.3, 0.4) is 0 Å². The Labute approximate surface area is 188 Å². The van der Waals surface area contributed by atoms with Crippen molar-refractivity contribution in [1.82, 2.24) is 10.3 Å². The van der Waals surface area contributed by atoms with Crippen LogP contribution in [0.5, 0.6) is 0 Å². The molecule has 2 unspecified atom stereocenters. The van der Waals surface area contributed by atoms with Gasteiger partial charge in [0.25, 0.3) is 0 Å². The van der Waals surface area contributed by atoms with Crippen LogP contribution in [0.25, 0.3) is 22.2 Å². The predicted octanol–water partition coefficient (Wildman–Crippen LogP) is 3.05. The Morgan fingerprint density at radius 2 is 1.70 bits per heavy atom. The second kappa shape index (κ2) is 8.57. The smallest absolute Gasteiger partial charge is 0.417 e. The third-order valence-electron chi connectivity index (χ3n) is 5.95. The summed E-state index contributed by atoms with van der Waals surface area (Å²) < 4.78 is 10.4. The van der Waals surface area contributed by atoms with Gasteiger partial charge in [-0.3, -0.25) is 4.98 Å². The van der Waals surface area contributed by atoms with Crippen LogP contribution in [0, 0.1) is 0 Å². The zero-order valence-corrected chi connectivity index (χ0v) is 17.5. The molecule has 0 saturated heterocycles. The van der Waals surface area contributed by atoms with Gasteiger partial charge in [-0.2, -0.15) is 0 Å². The number of aliphatic hydroxyl groups excluding tert-OH is 2. The molecule has 5 rings (SSSR count). The number of oxazole rings is 1. The lowest BCUT2D eigenvalue weighted by Crippen LogP contribution is -2.36. The van der Waals surface area contributed by atoms with Crippen molar-refractivity contribution in [2.45, 2.75) is 18.1 Å². The zero-order chi connectivity index (χ0) is 22.9. The average Bonchev–Trinajstić information content (AvgIpc) is 3.37. The van der Waals surface area contributed by atoms with E-state index in [0.717, 1.165) is 22.3 Å². The monoisotopic (exact) mass is 446 g/mol. The van der Waals surface area contributed by atoms with Crippen molar-refractivity contribution in [2.75, 3.05) is 13.2 Å². The number of ether oxygens (including phenoxy) is 1. The maximum Gasteiger partial charge on any atom is 0.417 e. The number of carbonyl (C=O) groups excluding carboxylic acids is 1. The van der Waals surface area contributed by atoms with E-state index in [4.69, 9.17) is 9.15 Å². The first-order chi connectivity index (χ1) is 16.0. The molecule has 0 bridgehead atoms. The van der Waals surface area contributed by atoms with Gasteiger partial charge in [0.05, 0.1) is 5.52 Å². The number of aromatic amines is 1. The van der Waals surface area contributed by atoms with Crippen LogP contribution in [0.4, 0.5) is 4.79 Å². The summed E-state index contributed by atoms with van der Waals surface area (Å²) in [6.45, 7) is -0.0609. The van der Waals surface area contributed by atoms with Gasteiger partial charge in [-0.1, -0.05) is 54.6 Å². The lowest BCUT2D eigenvalue weighted by Gasteiger charge is -2.19. The number of H-pyrrole nitrogens is 1. The number of fused-ring (bicyclic) bond motifs is 4. The van der Waals surface area contributed by atoms with Crippen molar-refractivity contribution < 1.29 is 24.2 Å². The summed E-state index contributed by atoms with van der Waals surface area (Å²) in [5.41, 5.74) is 5.59. The van der Waals surface area contributed by atoms with Crippen LogP contribution in [0.15, 0.2) is 75.9 Å². The highest BCUT2D eigenvalue weighted by Crippen LogP contribution is 2.44. The fraction of sp³-hybridized carbons (Fsp3) is 0.200. The number of aliphatic hydroxyl groups is 2. The third-order valence-corrected chi connectivity index (χ3v) is 5.95. The summed E-state index contributed by atoms with van der Waals surface area (Å²) in [7, 11) is 0. The van der Waals surface area contributed by atoms with E-state index in [2.05, 4.69) is 22.4 Å². The average molecular weight is 446 g/mol. The van der Waals surface area contributed by atoms with Crippen LogP contribution in [0.2, 0.25) is 0 Å². The van der Waals surface area contributed by atoms with E-state index in [1.54, 1.807) is 12.1 Å². The van der Waals surface area contributed by atoms with Gasteiger partial charge in [-0.25, -0.2) is 9.59 Å². The van der Waals surface area contributed by atoms with Gasteiger partial charge in [0.15, 0.2) is 5.58 Å². The van der Waals surface area contributed by atoms with Crippen LogP contribution in [0.1, 0.15) is 28.7 Å². The highest BCUT2D eigenvalue weighted by Gasteiger charge is 2.29. The zero-order valence-electron chi connectivity index (χ0n) is 17.5. The number of hydrogen-bond acceptors (Lipinski definition) is 6. The van der Waals surface area contributed by atoms with Gasteiger partial charge in [0.2, 0.25) is 0 Å². The van der Waals surface area contributed by atoms with Gasteiger partial charge < -0.3 is 24.7 Å². The maximum absolute atomic E-state index is 12.3. The minimum absolute atomic E-state index is 0.0682. The van der Waals surface area contributed by atoms with Crippen molar-refractivity contribution in [3.8, 4) is 11.1 Å². The molecule has 8 heteroatoms. The second-order valence-electron chi connectivity index (χ2n) is 7.99. The first-order valence-electron chi connectivity index (χ1n) is 10.6. The van der Waals surface area contributed by atoms with E-state index < -0.39 is 24.1 Å². The molecular formula is C25H22N2O6. The first-order valence-corrected chi connectivity index (χ1v) is 10.6. The lowest BCUT2D eigenvalue weighted by molar-refractivity contribution is 0.0186. The molecule has 0 saturated carbocycles. The molecule has 2 atom stereocenters. The van der Waals surface area contributed by atoms with Crippen molar-refractivity contribution in [2.24, 2.45) is 0 Å². The molecule has 1 aromatic heterocycles. The third kappa shape index (κ3) is 4.02. The Balaban J connectivity index is 1.19. The van der Waals surface area contributed by atoms with Gasteiger partial charge >= 0.3 is 11.8 Å². The molecule has 4 aromatic rings. The summed E-state index contributed by atoms with van der Waals surface area (Å²) in [6, 6.07) is 20.7. The van der Waals surface area contributed by atoms with E-state index in [-0.39, 0.29) is 24.7 Å². The van der Waals surface area contributed by atoms with Gasteiger partial charge in [0.1, 0.15) is 18.8 Å². The first kappa shape index (κ1) is 21.0. The molecule has 0 spiro atoms. The molecule has 4 N–H and O–H groups in total. The molecule has 1 aliphatic carbocycles. The normalized spacial score (nSPS) is 14.5.